The molecule has 2 aromatic rings. The molecule has 0 radical (unpaired) electrons. The number of sulfonamides is 1. The molecule has 0 atom stereocenters. The third kappa shape index (κ3) is 3.28. The molecule has 0 saturated heterocycles. The molecule has 1 N–H and O–H groups in total. The van der Waals surface area contributed by atoms with Gasteiger partial charge in [-0.3, -0.25) is 4.72 Å². The Morgan fingerprint density at radius 3 is 1.87 bits per heavy atom. The van der Waals surface area contributed by atoms with Gasteiger partial charge in [-0.15, -0.1) is 0 Å². The summed E-state index contributed by atoms with van der Waals surface area (Å²) in [6.45, 7) is 11.5. The summed E-state index contributed by atoms with van der Waals surface area (Å²) in [4.78, 5) is 4.51. The van der Waals surface area contributed by atoms with E-state index in [-0.39, 0.29) is 0 Å². The average molecular weight is 397 g/mol. The van der Waals surface area contributed by atoms with Gasteiger partial charge >= 0.3 is 0 Å². The van der Waals surface area contributed by atoms with Crippen molar-refractivity contribution in [2.24, 2.45) is 0 Å². The van der Waals surface area contributed by atoms with Crippen molar-refractivity contribution < 1.29 is 8.42 Å². The highest BCUT2D eigenvalue weighted by molar-refractivity contribution is 9.10. The molecule has 0 spiro atoms. The second-order valence-corrected chi connectivity index (χ2v) is 8.38. The van der Waals surface area contributed by atoms with Crippen LogP contribution in [-0.2, 0) is 10.0 Å². The van der Waals surface area contributed by atoms with Crippen molar-refractivity contribution in [2.75, 3.05) is 4.72 Å². The summed E-state index contributed by atoms with van der Waals surface area (Å²) in [5, 5.41) is 0. The molecule has 1 aromatic heterocycles. The fourth-order valence-electron chi connectivity index (χ4n) is 2.66. The van der Waals surface area contributed by atoms with Gasteiger partial charge < -0.3 is 0 Å². The lowest BCUT2D eigenvalue weighted by Gasteiger charge is -2.19. The van der Waals surface area contributed by atoms with Crippen LogP contribution in [-0.4, -0.2) is 13.4 Å². The molecule has 0 aliphatic heterocycles. The van der Waals surface area contributed by atoms with E-state index in [9.17, 15) is 8.42 Å². The molecule has 0 saturated carbocycles. The van der Waals surface area contributed by atoms with Gasteiger partial charge in [-0.05, 0) is 96.9 Å². The van der Waals surface area contributed by atoms with E-state index in [2.05, 4.69) is 25.6 Å². The summed E-state index contributed by atoms with van der Waals surface area (Å²) >= 11 is 3.36. The largest absolute Gasteiger partial charge is 0.263 e. The molecule has 0 aliphatic rings. The molecule has 0 bridgehead atoms. The minimum Gasteiger partial charge on any atom is -0.262 e. The maximum absolute atomic E-state index is 12.9. The van der Waals surface area contributed by atoms with Crippen LogP contribution < -0.4 is 4.72 Å². The van der Waals surface area contributed by atoms with E-state index < -0.39 is 10.0 Å². The molecule has 0 amide bonds. The second kappa shape index (κ2) is 6.24. The topological polar surface area (TPSA) is 59.1 Å². The van der Waals surface area contributed by atoms with E-state index >= 15 is 0 Å². The number of halogens is 1. The summed E-state index contributed by atoms with van der Waals surface area (Å²) in [6.07, 6.45) is 1.63. The zero-order chi connectivity index (χ0) is 17.5. The Morgan fingerprint density at radius 2 is 1.39 bits per heavy atom. The van der Waals surface area contributed by atoms with Gasteiger partial charge in [-0.2, -0.15) is 0 Å². The molecule has 0 aliphatic carbocycles. The quantitative estimate of drug-likeness (QED) is 0.830. The molecule has 1 heterocycles. The number of anilines is 1. The number of pyridine rings is 1. The molecule has 23 heavy (non-hydrogen) atoms. The van der Waals surface area contributed by atoms with Crippen molar-refractivity contribution >= 4 is 31.8 Å². The fraction of sp³-hybridized carbons (Fsp3) is 0.353. The molecule has 124 valence electrons. The number of benzene rings is 1. The second-order valence-electron chi connectivity index (χ2n) is 5.90. The van der Waals surface area contributed by atoms with Gasteiger partial charge in [0.1, 0.15) is 0 Å². The summed E-state index contributed by atoms with van der Waals surface area (Å²) in [5.74, 6) is 0.297. The van der Waals surface area contributed by atoms with E-state index in [1.807, 2.05) is 47.6 Å². The highest BCUT2D eigenvalue weighted by Gasteiger charge is 2.24. The van der Waals surface area contributed by atoms with E-state index in [0.717, 1.165) is 33.4 Å². The van der Waals surface area contributed by atoms with Crippen LogP contribution in [0.15, 0.2) is 21.6 Å². The monoisotopic (exact) mass is 396 g/mol. The van der Waals surface area contributed by atoms with Gasteiger partial charge in [0.15, 0.2) is 5.82 Å². The van der Waals surface area contributed by atoms with E-state index in [1.165, 1.54) is 0 Å². The molecule has 1 aromatic carbocycles. The Bertz CT molecular complexity index is 861. The van der Waals surface area contributed by atoms with Gasteiger partial charge in [0.25, 0.3) is 10.0 Å². The standard InChI is InChI=1S/C17H21BrN2O2S/c1-9-7-15(18)17(19-8-9)20-23(21,22)16-13(5)11(3)10(2)12(4)14(16)6/h7-8H,1-6H3,(H,19,20). The summed E-state index contributed by atoms with van der Waals surface area (Å²) in [7, 11) is -3.71. The fourth-order valence-corrected chi connectivity index (χ4v) is 4.98. The van der Waals surface area contributed by atoms with Gasteiger partial charge in [-0.1, -0.05) is 0 Å². The first kappa shape index (κ1) is 17.9. The van der Waals surface area contributed by atoms with E-state index in [0.29, 0.717) is 15.2 Å². The normalized spacial score (nSPS) is 11.6. The van der Waals surface area contributed by atoms with Crippen LogP contribution in [0.4, 0.5) is 5.82 Å². The van der Waals surface area contributed by atoms with Crippen LogP contribution in [0.25, 0.3) is 0 Å². The van der Waals surface area contributed by atoms with Crippen LogP contribution in [0.3, 0.4) is 0 Å². The maximum Gasteiger partial charge on any atom is 0.263 e. The first-order valence-electron chi connectivity index (χ1n) is 7.28. The number of nitrogens with zero attached hydrogens (tertiary/aromatic N) is 1. The number of hydrogen-bond donors (Lipinski definition) is 1. The molecule has 0 fully saturated rings. The first-order valence-corrected chi connectivity index (χ1v) is 9.55. The summed E-state index contributed by atoms with van der Waals surface area (Å²) in [5.41, 5.74) is 5.65. The maximum atomic E-state index is 12.9. The molecule has 6 heteroatoms. The van der Waals surface area contributed by atoms with Crippen LogP contribution in [0, 0.1) is 41.5 Å². The molecule has 4 nitrogen and oxygen atoms in total. The smallest absolute Gasteiger partial charge is 0.262 e. The van der Waals surface area contributed by atoms with Crippen LogP contribution >= 0.6 is 15.9 Å². The number of aryl methyl sites for hydroxylation is 1. The van der Waals surface area contributed by atoms with E-state index in [4.69, 9.17) is 0 Å². The Hall–Kier alpha value is -1.40. The SMILES string of the molecule is Cc1cnc(NS(=O)(=O)c2c(C)c(C)c(C)c(C)c2C)c(Br)c1. The van der Waals surface area contributed by atoms with Crippen molar-refractivity contribution in [3.63, 3.8) is 0 Å². The number of rotatable bonds is 3. The van der Waals surface area contributed by atoms with Gasteiger partial charge in [0.2, 0.25) is 0 Å². The molecular weight excluding hydrogens is 376 g/mol. The van der Waals surface area contributed by atoms with Gasteiger partial charge in [0, 0.05) is 6.20 Å². The highest BCUT2D eigenvalue weighted by Crippen LogP contribution is 2.31. The predicted molar refractivity (Wildman–Crippen MR) is 97.6 cm³/mol. The lowest BCUT2D eigenvalue weighted by Crippen LogP contribution is -2.18. The Morgan fingerprint density at radius 1 is 0.913 bits per heavy atom. The van der Waals surface area contributed by atoms with Crippen LogP contribution in [0.5, 0.6) is 0 Å². The van der Waals surface area contributed by atoms with E-state index in [1.54, 1.807) is 6.20 Å². The average Bonchev–Trinajstić information content (AvgIpc) is 2.46. The lowest BCUT2D eigenvalue weighted by atomic mass is 9.95. The zero-order valence-electron chi connectivity index (χ0n) is 14.2. The van der Waals surface area contributed by atoms with Crippen molar-refractivity contribution in [2.45, 2.75) is 46.4 Å². The Labute approximate surface area is 146 Å². The van der Waals surface area contributed by atoms with Gasteiger partial charge in [0.05, 0.1) is 9.37 Å². The Kier molecular flexibility index (Phi) is 4.87. The summed E-state index contributed by atoms with van der Waals surface area (Å²) < 4.78 is 29.1. The van der Waals surface area contributed by atoms with Crippen molar-refractivity contribution in [1.29, 1.82) is 0 Å². The minimum absolute atomic E-state index is 0.297. The van der Waals surface area contributed by atoms with Crippen molar-refractivity contribution in [3.05, 3.63) is 50.1 Å². The number of nitrogens with one attached hydrogen (secondary N) is 1. The number of aromatic nitrogens is 1. The molecule has 2 rings (SSSR count). The van der Waals surface area contributed by atoms with Gasteiger partial charge in [-0.25, -0.2) is 13.4 Å². The zero-order valence-corrected chi connectivity index (χ0v) is 16.6. The first-order chi connectivity index (χ1) is 10.6. The highest BCUT2D eigenvalue weighted by atomic mass is 79.9. The van der Waals surface area contributed by atoms with Crippen molar-refractivity contribution in [1.82, 2.24) is 4.98 Å². The molecular formula is C17H21BrN2O2S. The van der Waals surface area contributed by atoms with Crippen LogP contribution in [0.2, 0.25) is 0 Å². The lowest BCUT2D eigenvalue weighted by molar-refractivity contribution is 0.599. The predicted octanol–water partition coefficient (Wildman–Crippen LogP) is 4.50. The third-order valence-corrected chi connectivity index (χ3v) is 6.63. The number of hydrogen-bond acceptors (Lipinski definition) is 3. The summed E-state index contributed by atoms with van der Waals surface area (Å²) in [6, 6.07) is 1.83. The molecule has 0 unspecified atom stereocenters. The Balaban J connectivity index is 2.61. The van der Waals surface area contributed by atoms with Crippen molar-refractivity contribution in [3.8, 4) is 0 Å². The third-order valence-electron chi connectivity index (χ3n) is 4.41. The minimum atomic E-state index is -3.71. The van der Waals surface area contributed by atoms with Crippen LogP contribution in [0.1, 0.15) is 33.4 Å².